The fraction of sp³-hybridized carbons (Fsp3) is 0.312. The van der Waals surface area contributed by atoms with E-state index in [0.29, 0.717) is 0 Å². The maximum atomic E-state index is 12.2. The number of aromatic nitrogens is 2. The van der Waals surface area contributed by atoms with Gasteiger partial charge in [-0.25, -0.2) is 4.79 Å². The lowest BCUT2D eigenvalue weighted by atomic mass is 9.87. The summed E-state index contributed by atoms with van der Waals surface area (Å²) >= 11 is 0. The smallest absolute Gasteiger partial charge is 0.328 e. The van der Waals surface area contributed by atoms with Crippen LogP contribution in [-0.4, -0.2) is 15.5 Å². The van der Waals surface area contributed by atoms with Gasteiger partial charge in [-0.3, -0.25) is 19.1 Å². The Hall–Kier alpha value is -2.83. The Kier molecular flexibility index (Phi) is 4.01. The molecule has 1 aliphatic rings. The van der Waals surface area contributed by atoms with Crippen molar-refractivity contribution in [2.24, 2.45) is 0 Å². The third kappa shape index (κ3) is 3.33. The average Bonchev–Trinajstić information content (AvgIpc) is 2.50. The van der Waals surface area contributed by atoms with E-state index in [1.165, 1.54) is 16.8 Å². The molecule has 7 nitrogen and oxygen atoms in total. The van der Waals surface area contributed by atoms with E-state index in [9.17, 15) is 14.4 Å². The second kappa shape index (κ2) is 6.12. The molecule has 7 heteroatoms. The van der Waals surface area contributed by atoms with Gasteiger partial charge in [0.1, 0.15) is 6.54 Å². The highest BCUT2D eigenvalue weighted by Crippen LogP contribution is 2.30. The fourth-order valence-corrected chi connectivity index (χ4v) is 2.95. The predicted molar refractivity (Wildman–Crippen MR) is 86.0 cm³/mol. The van der Waals surface area contributed by atoms with Gasteiger partial charge in [-0.15, -0.1) is 0 Å². The number of nitrogens with one attached hydrogen (secondary N) is 2. The molecule has 1 aromatic carbocycles. The molecule has 1 amide bonds. The Bertz CT molecular complexity index is 853. The summed E-state index contributed by atoms with van der Waals surface area (Å²) in [5, 5.41) is 2.95. The second-order valence-electron chi connectivity index (χ2n) is 5.71. The summed E-state index contributed by atoms with van der Waals surface area (Å²) in [5.41, 5.74) is 7.68. The zero-order valence-corrected chi connectivity index (χ0v) is 12.5. The molecule has 4 N–H and O–H groups in total. The van der Waals surface area contributed by atoms with Crippen molar-refractivity contribution in [2.75, 3.05) is 5.73 Å². The number of hydrogen-bond acceptors (Lipinski definition) is 4. The van der Waals surface area contributed by atoms with Crippen LogP contribution in [0, 0.1) is 0 Å². The van der Waals surface area contributed by atoms with E-state index in [-0.39, 0.29) is 18.5 Å². The zero-order valence-electron chi connectivity index (χ0n) is 12.5. The summed E-state index contributed by atoms with van der Waals surface area (Å²) in [5.74, 6) is -0.270. The van der Waals surface area contributed by atoms with Gasteiger partial charge in [-0.1, -0.05) is 6.07 Å². The van der Waals surface area contributed by atoms with Crippen molar-refractivity contribution in [2.45, 2.75) is 31.8 Å². The number of anilines is 1. The van der Waals surface area contributed by atoms with E-state index in [1.54, 1.807) is 0 Å². The van der Waals surface area contributed by atoms with Gasteiger partial charge >= 0.3 is 5.69 Å². The van der Waals surface area contributed by atoms with E-state index in [2.05, 4.69) is 10.3 Å². The van der Waals surface area contributed by atoms with Crippen LogP contribution < -0.4 is 22.3 Å². The summed E-state index contributed by atoms with van der Waals surface area (Å²) in [4.78, 5) is 37.0. The Balaban J connectivity index is 1.74. The quantitative estimate of drug-likeness (QED) is 0.708. The first-order valence-electron chi connectivity index (χ1n) is 7.50. The van der Waals surface area contributed by atoms with E-state index in [0.717, 1.165) is 36.1 Å². The van der Waals surface area contributed by atoms with Gasteiger partial charge in [0.15, 0.2) is 0 Å². The number of amides is 1. The van der Waals surface area contributed by atoms with Crippen molar-refractivity contribution < 1.29 is 4.79 Å². The highest BCUT2D eigenvalue weighted by molar-refractivity contribution is 5.76. The molecule has 0 saturated carbocycles. The molecule has 0 fully saturated rings. The first-order valence-corrected chi connectivity index (χ1v) is 7.50. The lowest BCUT2D eigenvalue weighted by Crippen LogP contribution is -2.37. The van der Waals surface area contributed by atoms with Gasteiger partial charge in [0, 0.05) is 18.0 Å². The summed E-state index contributed by atoms with van der Waals surface area (Å²) in [6, 6.07) is 6.86. The number of benzene rings is 1. The minimum atomic E-state index is -0.593. The standard InChI is InChI=1S/C16H18N4O3/c17-11-4-5-12-10(8-11)2-1-3-13(12)18-15(22)9-20-7-6-14(21)19-16(20)23/h4-8,13H,1-3,9,17H2,(H,18,22)(H,19,21,23). The van der Waals surface area contributed by atoms with Crippen LogP contribution in [0.2, 0.25) is 0 Å². The molecule has 0 bridgehead atoms. The van der Waals surface area contributed by atoms with E-state index in [1.807, 2.05) is 18.2 Å². The lowest BCUT2D eigenvalue weighted by molar-refractivity contribution is -0.122. The van der Waals surface area contributed by atoms with Crippen LogP contribution in [0.15, 0.2) is 40.1 Å². The Morgan fingerprint density at radius 2 is 2.17 bits per heavy atom. The number of nitrogens with zero attached hydrogens (tertiary/aromatic N) is 1. The van der Waals surface area contributed by atoms with Crippen LogP contribution in [0.1, 0.15) is 30.0 Å². The topological polar surface area (TPSA) is 110 Å². The van der Waals surface area contributed by atoms with Crippen LogP contribution in [-0.2, 0) is 17.8 Å². The van der Waals surface area contributed by atoms with Crippen molar-refractivity contribution in [3.63, 3.8) is 0 Å². The van der Waals surface area contributed by atoms with Crippen LogP contribution in [0.4, 0.5) is 5.69 Å². The minimum Gasteiger partial charge on any atom is -0.399 e. The molecule has 23 heavy (non-hydrogen) atoms. The minimum absolute atomic E-state index is 0.0784. The number of nitrogen functional groups attached to an aromatic ring is 1. The monoisotopic (exact) mass is 314 g/mol. The average molecular weight is 314 g/mol. The summed E-state index contributed by atoms with van der Waals surface area (Å²) in [7, 11) is 0. The molecule has 0 aliphatic heterocycles. The van der Waals surface area contributed by atoms with Crippen LogP contribution in [0.25, 0.3) is 0 Å². The van der Waals surface area contributed by atoms with Crippen LogP contribution in [0.3, 0.4) is 0 Å². The summed E-state index contributed by atoms with van der Waals surface area (Å²) in [6.07, 6.45) is 4.09. The van der Waals surface area contributed by atoms with Crippen molar-refractivity contribution in [3.05, 3.63) is 62.4 Å². The SMILES string of the molecule is Nc1ccc2c(c1)CCCC2NC(=O)Cn1ccc(=O)[nH]c1=O. The number of carbonyl (C=O) groups is 1. The molecule has 0 radical (unpaired) electrons. The Morgan fingerprint density at radius 1 is 1.35 bits per heavy atom. The molecule has 1 atom stereocenters. The largest absolute Gasteiger partial charge is 0.399 e. The normalized spacial score (nSPS) is 16.6. The second-order valence-corrected chi connectivity index (χ2v) is 5.71. The molecule has 120 valence electrons. The molecule has 1 aromatic heterocycles. The predicted octanol–water partition coefficient (Wildman–Crippen LogP) is 0.313. The number of fused-ring (bicyclic) bond motifs is 1. The number of H-pyrrole nitrogens is 1. The molecular weight excluding hydrogens is 296 g/mol. The van der Waals surface area contributed by atoms with Gasteiger partial charge in [0.2, 0.25) is 5.91 Å². The number of aromatic amines is 1. The van der Waals surface area contributed by atoms with Crippen molar-refractivity contribution in [3.8, 4) is 0 Å². The van der Waals surface area contributed by atoms with E-state index < -0.39 is 11.2 Å². The lowest BCUT2D eigenvalue weighted by Gasteiger charge is -2.26. The molecule has 1 aliphatic carbocycles. The third-order valence-corrected chi connectivity index (χ3v) is 4.03. The van der Waals surface area contributed by atoms with E-state index >= 15 is 0 Å². The van der Waals surface area contributed by atoms with Crippen LogP contribution in [0.5, 0.6) is 0 Å². The van der Waals surface area contributed by atoms with Crippen molar-refractivity contribution in [1.29, 1.82) is 0 Å². The van der Waals surface area contributed by atoms with Crippen molar-refractivity contribution >= 4 is 11.6 Å². The molecule has 0 spiro atoms. The number of carbonyl (C=O) groups excluding carboxylic acids is 1. The van der Waals surface area contributed by atoms with E-state index in [4.69, 9.17) is 5.73 Å². The maximum absolute atomic E-state index is 12.2. The Morgan fingerprint density at radius 3 is 2.96 bits per heavy atom. The molecule has 0 saturated heterocycles. The molecule has 2 aromatic rings. The van der Waals surface area contributed by atoms with Gasteiger partial charge < -0.3 is 11.1 Å². The summed E-state index contributed by atoms with van der Waals surface area (Å²) in [6.45, 7) is -0.129. The number of hydrogen-bond donors (Lipinski definition) is 3. The van der Waals surface area contributed by atoms with Crippen molar-refractivity contribution in [1.82, 2.24) is 14.9 Å². The molecular formula is C16H18N4O3. The first kappa shape index (κ1) is 15.1. The maximum Gasteiger partial charge on any atom is 0.328 e. The zero-order chi connectivity index (χ0) is 16.4. The summed E-state index contributed by atoms with van der Waals surface area (Å²) < 4.78 is 1.17. The Labute approximate surface area is 132 Å². The first-order chi connectivity index (χ1) is 11.0. The van der Waals surface area contributed by atoms with Gasteiger partial charge in [-0.2, -0.15) is 0 Å². The highest BCUT2D eigenvalue weighted by atomic mass is 16.2. The third-order valence-electron chi connectivity index (χ3n) is 4.03. The van der Waals surface area contributed by atoms with Gasteiger partial charge in [0.05, 0.1) is 6.04 Å². The van der Waals surface area contributed by atoms with Crippen LogP contribution >= 0.6 is 0 Å². The van der Waals surface area contributed by atoms with Gasteiger partial charge in [-0.05, 0) is 42.5 Å². The number of nitrogens with two attached hydrogens (primary N) is 1. The number of rotatable bonds is 3. The van der Waals surface area contributed by atoms with Gasteiger partial charge in [0.25, 0.3) is 5.56 Å². The fourth-order valence-electron chi connectivity index (χ4n) is 2.95. The molecule has 3 rings (SSSR count). The number of aryl methyl sites for hydroxylation is 1. The molecule has 1 heterocycles. The highest BCUT2D eigenvalue weighted by Gasteiger charge is 2.22. The molecule has 1 unspecified atom stereocenters.